The molecular formula is C18H13Cl3N2O3. The predicted octanol–water partition coefficient (Wildman–Crippen LogP) is 4.75. The van der Waals surface area contributed by atoms with E-state index in [-0.39, 0.29) is 16.4 Å². The Kier molecular flexibility index (Phi) is 5.14. The molecule has 0 unspecified atom stereocenters. The second-order valence-corrected chi connectivity index (χ2v) is 6.76. The second kappa shape index (κ2) is 7.19. The molecule has 0 aliphatic carbocycles. The van der Waals surface area contributed by atoms with Crippen LogP contribution in [0.2, 0.25) is 10.0 Å². The third kappa shape index (κ3) is 3.26. The van der Waals surface area contributed by atoms with E-state index in [2.05, 4.69) is 5.32 Å². The van der Waals surface area contributed by atoms with Crippen molar-refractivity contribution >= 4 is 58.0 Å². The summed E-state index contributed by atoms with van der Waals surface area (Å²) in [6.07, 6.45) is 0. The highest BCUT2D eigenvalue weighted by Crippen LogP contribution is 2.38. The van der Waals surface area contributed by atoms with Crippen molar-refractivity contribution in [2.24, 2.45) is 0 Å². The van der Waals surface area contributed by atoms with Gasteiger partial charge in [0.2, 0.25) is 0 Å². The number of anilines is 2. The summed E-state index contributed by atoms with van der Waals surface area (Å²) in [4.78, 5) is 26.4. The number of carbonyl (C=O) groups excluding carboxylic acids is 2. The molecule has 0 spiro atoms. The standard InChI is InChI=1S/C18H13Cl3N2O3/c1-9-7-13(14(26-2)8-12(9)20)23-17(24)15(21)16(18(23)25)22-11-5-3-10(19)4-6-11/h3-8,22H,1-2H3. The predicted molar refractivity (Wildman–Crippen MR) is 103 cm³/mol. The molecule has 5 nitrogen and oxygen atoms in total. The lowest BCUT2D eigenvalue weighted by molar-refractivity contribution is -0.120. The molecule has 0 radical (unpaired) electrons. The van der Waals surface area contributed by atoms with E-state index < -0.39 is 11.8 Å². The number of nitrogens with zero attached hydrogens (tertiary/aromatic N) is 1. The van der Waals surface area contributed by atoms with Gasteiger partial charge in [0.05, 0.1) is 12.8 Å². The normalized spacial score (nSPS) is 14.3. The number of rotatable bonds is 4. The highest BCUT2D eigenvalue weighted by molar-refractivity contribution is 6.53. The molecule has 1 aliphatic rings. The number of ether oxygens (including phenoxy) is 1. The van der Waals surface area contributed by atoms with Crippen molar-refractivity contribution in [2.75, 3.05) is 17.3 Å². The van der Waals surface area contributed by atoms with E-state index in [1.807, 2.05) is 0 Å². The number of benzene rings is 2. The maximum atomic E-state index is 12.8. The summed E-state index contributed by atoms with van der Waals surface area (Å²) in [5.41, 5.74) is 1.52. The van der Waals surface area contributed by atoms with Crippen LogP contribution in [-0.4, -0.2) is 18.9 Å². The van der Waals surface area contributed by atoms with Crippen LogP contribution in [0.15, 0.2) is 47.1 Å². The molecule has 1 aliphatic heterocycles. The van der Waals surface area contributed by atoms with Gasteiger partial charge in [-0.2, -0.15) is 0 Å². The number of nitrogens with one attached hydrogen (secondary N) is 1. The molecule has 1 heterocycles. The monoisotopic (exact) mass is 410 g/mol. The van der Waals surface area contributed by atoms with Gasteiger partial charge in [-0.05, 0) is 42.8 Å². The first-order chi connectivity index (χ1) is 12.3. The summed E-state index contributed by atoms with van der Waals surface area (Å²) in [5.74, 6) is -0.942. The molecule has 8 heteroatoms. The molecule has 2 aromatic carbocycles. The van der Waals surface area contributed by atoms with Gasteiger partial charge in [0.15, 0.2) is 0 Å². The fraction of sp³-hybridized carbons (Fsp3) is 0.111. The summed E-state index contributed by atoms with van der Waals surface area (Å²) in [6.45, 7) is 1.76. The van der Waals surface area contributed by atoms with Gasteiger partial charge in [-0.25, -0.2) is 4.90 Å². The molecule has 134 valence electrons. The van der Waals surface area contributed by atoms with Crippen molar-refractivity contribution in [3.63, 3.8) is 0 Å². The van der Waals surface area contributed by atoms with Crippen LogP contribution in [0, 0.1) is 6.92 Å². The number of carbonyl (C=O) groups is 2. The molecule has 3 rings (SSSR count). The molecule has 2 amide bonds. The molecule has 26 heavy (non-hydrogen) atoms. The van der Waals surface area contributed by atoms with Crippen molar-refractivity contribution in [3.8, 4) is 5.75 Å². The molecule has 0 bridgehead atoms. The quantitative estimate of drug-likeness (QED) is 0.738. The van der Waals surface area contributed by atoms with Crippen molar-refractivity contribution in [2.45, 2.75) is 6.92 Å². The molecule has 0 aromatic heterocycles. The third-order valence-corrected chi connectivity index (χ3v) is 4.85. The highest BCUT2D eigenvalue weighted by atomic mass is 35.5. The molecular weight excluding hydrogens is 399 g/mol. The minimum absolute atomic E-state index is 0.0198. The van der Waals surface area contributed by atoms with Gasteiger partial charge in [-0.3, -0.25) is 9.59 Å². The zero-order valence-corrected chi connectivity index (χ0v) is 16.0. The Hall–Kier alpha value is -2.21. The molecule has 0 fully saturated rings. The summed E-state index contributed by atoms with van der Waals surface area (Å²) < 4.78 is 5.26. The number of aryl methyl sites for hydroxylation is 1. The number of halogens is 3. The van der Waals surface area contributed by atoms with Crippen LogP contribution in [0.1, 0.15) is 5.56 Å². The average molecular weight is 412 g/mol. The Morgan fingerprint density at radius 2 is 1.65 bits per heavy atom. The minimum Gasteiger partial charge on any atom is -0.494 e. The largest absolute Gasteiger partial charge is 0.494 e. The van der Waals surface area contributed by atoms with E-state index in [1.165, 1.54) is 7.11 Å². The van der Waals surface area contributed by atoms with Crippen molar-refractivity contribution < 1.29 is 14.3 Å². The third-order valence-electron chi connectivity index (χ3n) is 3.84. The fourth-order valence-corrected chi connectivity index (χ4v) is 2.99. The van der Waals surface area contributed by atoms with Gasteiger partial charge in [0, 0.05) is 21.8 Å². The van der Waals surface area contributed by atoms with Crippen LogP contribution in [0.25, 0.3) is 0 Å². The first-order valence-corrected chi connectivity index (χ1v) is 8.62. The van der Waals surface area contributed by atoms with Crippen LogP contribution < -0.4 is 15.0 Å². The Labute approximate surface area is 165 Å². The van der Waals surface area contributed by atoms with Crippen LogP contribution in [0.3, 0.4) is 0 Å². The average Bonchev–Trinajstić information content (AvgIpc) is 2.82. The minimum atomic E-state index is -0.645. The summed E-state index contributed by atoms with van der Waals surface area (Å²) in [6, 6.07) is 9.81. The Balaban J connectivity index is 1.98. The summed E-state index contributed by atoms with van der Waals surface area (Å²) >= 11 is 18.1. The van der Waals surface area contributed by atoms with Gasteiger partial charge in [-0.15, -0.1) is 0 Å². The van der Waals surface area contributed by atoms with E-state index in [9.17, 15) is 9.59 Å². The van der Waals surface area contributed by atoms with Gasteiger partial charge >= 0.3 is 0 Å². The van der Waals surface area contributed by atoms with Crippen LogP contribution in [0.5, 0.6) is 5.75 Å². The van der Waals surface area contributed by atoms with E-state index in [1.54, 1.807) is 43.3 Å². The zero-order chi connectivity index (χ0) is 19.0. The Morgan fingerprint density at radius 1 is 1.00 bits per heavy atom. The van der Waals surface area contributed by atoms with E-state index in [4.69, 9.17) is 39.5 Å². The topological polar surface area (TPSA) is 58.6 Å². The lowest BCUT2D eigenvalue weighted by Crippen LogP contribution is -2.32. The molecule has 0 saturated carbocycles. The molecule has 2 aromatic rings. The molecule has 0 saturated heterocycles. The van der Waals surface area contributed by atoms with Crippen LogP contribution in [-0.2, 0) is 9.59 Å². The van der Waals surface area contributed by atoms with Crippen molar-refractivity contribution in [3.05, 3.63) is 62.7 Å². The number of amides is 2. The van der Waals surface area contributed by atoms with Gasteiger partial charge in [0.25, 0.3) is 11.8 Å². The van der Waals surface area contributed by atoms with Crippen molar-refractivity contribution in [1.82, 2.24) is 0 Å². The number of hydrogen-bond acceptors (Lipinski definition) is 4. The Morgan fingerprint density at radius 3 is 2.27 bits per heavy atom. The maximum absolute atomic E-state index is 12.8. The van der Waals surface area contributed by atoms with E-state index in [0.29, 0.717) is 27.0 Å². The van der Waals surface area contributed by atoms with Gasteiger partial charge in [-0.1, -0.05) is 34.8 Å². The first-order valence-electron chi connectivity index (χ1n) is 7.48. The fourth-order valence-electron chi connectivity index (χ4n) is 2.49. The molecule has 0 atom stereocenters. The van der Waals surface area contributed by atoms with E-state index >= 15 is 0 Å². The van der Waals surface area contributed by atoms with Crippen molar-refractivity contribution in [1.29, 1.82) is 0 Å². The number of hydrogen-bond donors (Lipinski definition) is 1. The molecule has 1 N–H and O–H groups in total. The Bertz CT molecular complexity index is 939. The first kappa shape index (κ1) is 18.6. The summed E-state index contributed by atoms with van der Waals surface area (Å²) in [5, 5.41) is 3.67. The smallest absolute Gasteiger partial charge is 0.283 e. The zero-order valence-electron chi connectivity index (χ0n) is 13.8. The second-order valence-electron chi connectivity index (χ2n) is 5.54. The summed E-state index contributed by atoms with van der Waals surface area (Å²) in [7, 11) is 1.43. The SMILES string of the molecule is COc1cc(Cl)c(C)cc1N1C(=O)C(Cl)=C(Nc2ccc(Cl)cc2)C1=O. The lowest BCUT2D eigenvalue weighted by Gasteiger charge is -2.19. The van der Waals surface area contributed by atoms with Crippen LogP contribution in [0.4, 0.5) is 11.4 Å². The van der Waals surface area contributed by atoms with Gasteiger partial charge in [0.1, 0.15) is 16.5 Å². The van der Waals surface area contributed by atoms with Gasteiger partial charge < -0.3 is 10.1 Å². The maximum Gasteiger partial charge on any atom is 0.283 e. The number of methoxy groups -OCH3 is 1. The highest BCUT2D eigenvalue weighted by Gasteiger charge is 2.40. The lowest BCUT2D eigenvalue weighted by atomic mass is 10.2. The number of imide groups is 1. The van der Waals surface area contributed by atoms with Crippen LogP contribution >= 0.6 is 34.8 Å². The van der Waals surface area contributed by atoms with E-state index in [0.717, 1.165) is 4.90 Å².